The van der Waals surface area contributed by atoms with Gasteiger partial charge in [-0.1, -0.05) is 19.4 Å². The number of hydrogen-bond acceptors (Lipinski definition) is 5. The van der Waals surface area contributed by atoms with Gasteiger partial charge in [-0.05, 0) is 54.8 Å². The van der Waals surface area contributed by atoms with E-state index in [1.807, 2.05) is 24.3 Å². The lowest BCUT2D eigenvalue weighted by Crippen LogP contribution is -2.46. The van der Waals surface area contributed by atoms with Gasteiger partial charge in [0.15, 0.2) is 6.10 Å². The molecule has 2 aromatic rings. The number of rotatable bonds is 6. The first-order chi connectivity index (χ1) is 15.5. The third-order valence-electron chi connectivity index (χ3n) is 6.17. The molecular weight excluding hydrogens is 404 g/mol. The van der Waals surface area contributed by atoms with Crippen LogP contribution in [-0.4, -0.2) is 56.0 Å². The maximum atomic E-state index is 12.1. The van der Waals surface area contributed by atoms with E-state index < -0.39 is 6.10 Å². The summed E-state index contributed by atoms with van der Waals surface area (Å²) >= 11 is 0. The van der Waals surface area contributed by atoms with E-state index in [-0.39, 0.29) is 11.8 Å². The number of amides is 2. The second-order valence-corrected chi connectivity index (χ2v) is 8.52. The monoisotopic (exact) mass is 436 g/mol. The van der Waals surface area contributed by atoms with Gasteiger partial charge in [-0.2, -0.15) is 0 Å². The molecule has 0 aromatic heterocycles. The molecule has 0 bridgehead atoms. The topological polar surface area (TPSA) is 73.9 Å². The molecule has 7 nitrogen and oxygen atoms in total. The third-order valence-corrected chi connectivity index (χ3v) is 6.17. The Hall–Kier alpha value is -3.06. The molecular formula is C25H32N4O3. The minimum absolute atomic E-state index is 0.0649. The Bertz CT molecular complexity index is 981. The van der Waals surface area contributed by atoms with Crippen molar-refractivity contribution in [3.63, 3.8) is 0 Å². The van der Waals surface area contributed by atoms with Crippen molar-refractivity contribution >= 4 is 23.2 Å². The average molecular weight is 437 g/mol. The fourth-order valence-corrected chi connectivity index (χ4v) is 4.39. The first-order valence-electron chi connectivity index (χ1n) is 11.4. The van der Waals surface area contributed by atoms with Crippen LogP contribution in [0.25, 0.3) is 0 Å². The zero-order valence-electron chi connectivity index (χ0n) is 19.1. The minimum Gasteiger partial charge on any atom is -0.478 e. The molecule has 1 fully saturated rings. The summed E-state index contributed by atoms with van der Waals surface area (Å²) in [7, 11) is 1.64. The van der Waals surface area contributed by atoms with Crippen LogP contribution < -0.4 is 20.3 Å². The molecule has 2 aliphatic rings. The van der Waals surface area contributed by atoms with E-state index in [4.69, 9.17) is 4.74 Å². The van der Waals surface area contributed by atoms with Crippen LogP contribution in [0.3, 0.4) is 0 Å². The van der Waals surface area contributed by atoms with Crippen molar-refractivity contribution < 1.29 is 14.3 Å². The molecule has 0 spiro atoms. The van der Waals surface area contributed by atoms with Crippen LogP contribution in [0.1, 0.15) is 41.8 Å². The van der Waals surface area contributed by atoms with E-state index in [0.717, 1.165) is 62.7 Å². The first kappa shape index (κ1) is 22.1. The number of aryl methyl sites for hydroxylation is 1. The predicted octanol–water partition coefficient (Wildman–Crippen LogP) is 3.04. The summed E-state index contributed by atoms with van der Waals surface area (Å²) < 4.78 is 5.91. The van der Waals surface area contributed by atoms with Gasteiger partial charge in [0.1, 0.15) is 5.75 Å². The van der Waals surface area contributed by atoms with Gasteiger partial charge in [0.2, 0.25) is 0 Å². The standard InChI is InChI=1S/C25H32N4O3/c1-4-5-20-14-18(15-22-23(20)32-17(2)24(30)27-22)16-28-10-12-29(13-11-28)21-8-6-19(7-9-21)25(31)26-3/h6-9,14-15,17H,4-5,10-13,16H2,1-3H3,(H,26,31)(H,27,30). The summed E-state index contributed by atoms with van der Waals surface area (Å²) in [6.07, 6.45) is 1.50. The number of ether oxygens (including phenoxy) is 1. The summed E-state index contributed by atoms with van der Waals surface area (Å²) in [5, 5.41) is 5.67. The van der Waals surface area contributed by atoms with Crippen LogP contribution in [0.2, 0.25) is 0 Å². The highest BCUT2D eigenvalue weighted by molar-refractivity contribution is 5.98. The van der Waals surface area contributed by atoms with Crippen molar-refractivity contribution in [1.82, 2.24) is 10.2 Å². The van der Waals surface area contributed by atoms with E-state index in [0.29, 0.717) is 5.56 Å². The Kier molecular flexibility index (Phi) is 6.65. The van der Waals surface area contributed by atoms with E-state index in [9.17, 15) is 9.59 Å². The van der Waals surface area contributed by atoms with Crippen molar-refractivity contribution in [2.75, 3.05) is 43.4 Å². The highest BCUT2D eigenvalue weighted by atomic mass is 16.5. The van der Waals surface area contributed by atoms with Gasteiger partial charge in [-0.25, -0.2) is 0 Å². The average Bonchev–Trinajstić information content (AvgIpc) is 2.81. The van der Waals surface area contributed by atoms with E-state index in [1.165, 1.54) is 11.1 Å². The summed E-state index contributed by atoms with van der Waals surface area (Å²) in [4.78, 5) is 28.6. The van der Waals surface area contributed by atoms with Crippen LogP contribution in [0.15, 0.2) is 36.4 Å². The number of nitrogens with zero attached hydrogens (tertiary/aromatic N) is 2. The molecule has 32 heavy (non-hydrogen) atoms. The molecule has 0 aliphatic carbocycles. The van der Waals surface area contributed by atoms with Crippen LogP contribution in [-0.2, 0) is 17.8 Å². The Morgan fingerprint density at radius 1 is 1.16 bits per heavy atom. The van der Waals surface area contributed by atoms with Gasteiger partial charge in [0.25, 0.3) is 11.8 Å². The third kappa shape index (κ3) is 4.72. The second-order valence-electron chi connectivity index (χ2n) is 8.52. The summed E-state index contributed by atoms with van der Waals surface area (Å²) in [6.45, 7) is 8.57. The number of benzene rings is 2. The van der Waals surface area contributed by atoms with Crippen LogP contribution in [0, 0.1) is 0 Å². The smallest absolute Gasteiger partial charge is 0.265 e. The molecule has 2 aliphatic heterocycles. The highest BCUT2D eigenvalue weighted by Crippen LogP contribution is 2.36. The summed E-state index contributed by atoms with van der Waals surface area (Å²) in [5.74, 6) is 0.672. The van der Waals surface area contributed by atoms with Crippen LogP contribution in [0.5, 0.6) is 5.75 Å². The molecule has 1 unspecified atom stereocenters. The predicted molar refractivity (Wildman–Crippen MR) is 126 cm³/mol. The van der Waals surface area contributed by atoms with Gasteiger partial charge in [0.05, 0.1) is 5.69 Å². The number of piperazine rings is 1. The highest BCUT2D eigenvalue weighted by Gasteiger charge is 2.27. The lowest BCUT2D eigenvalue weighted by molar-refractivity contribution is -0.122. The second kappa shape index (κ2) is 9.61. The van der Waals surface area contributed by atoms with Gasteiger partial charge < -0.3 is 20.3 Å². The Balaban J connectivity index is 1.41. The Morgan fingerprint density at radius 2 is 1.88 bits per heavy atom. The van der Waals surface area contributed by atoms with E-state index in [2.05, 4.69) is 39.5 Å². The Labute approximate surface area is 189 Å². The molecule has 0 saturated carbocycles. The largest absolute Gasteiger partial charge is 0.478 e. The van der Waals surface area contributed by atoms with Crippen molar-refractivity contribution in [3.05, 3.63) is 53.1 Å². The number of hydrogen-bond donors (Lipinski definition) is 2. The maximum Gasteiger partial charge on any atom is 0.265 e. The van der Waals surface area contributed by atoms with Gasteiger partial charge in [-0.3, -0.25) is 14.5 Å². The molecule has 2 aromatic carbocycles. The van der Waals surface area contributed by atoms with Gasteiger partial charge >= 0.3 is 0 Å². The number of carbonyl (C=O) groups excluding carboxylic acids is 2. The normalized spacial score (nSPS) is 18.5. The molecule has 4 rings (SSSR count). The van der Waals surface area contributed by atoms with Crippen LogP contribution >= 0.6 is 0 Å². The van der Waals surface area contributed by atoms with Crippen molar-refractivity contribution in [3.8, 4) is 5.75 Å². The summed E-state index contributed by atoms with van der Waals surface area (Å²) in [5.41, 5.74) is 4.99. The number of fused-ring (bicyclic) bond motifs is 1. The van der Waals surface area contributed by atoms with Crippen molar-refractivity contribution in [1.29, 1.82) is 0 Å². The zero-order chi connectivity index (χ0) is 22.7. The molecule has 2 heterocycles. The number of carbonyl (C=O) groups is 2. The minimum atomic E-state index is -0.456. The molecule has 1 atom stereocenters. The van der Waals surface area contributed by atoms with E-state index in [1.54, 1.807) is 14.0 Å². The molecule has 1 saturated heterocycles. The number of anilines is 2. The van der Waals surface area contributed by atoms with Crippen LogP contribution in [0.4, 0.5) is 11.4 Å². The lowest BCUT2D eigenvalue weighted by atomic mass is 10.0. The zero-order valence-corrected chi connectivity index (χ0v) is 19.1. The molecule has 0 radical (unpaired) electrons. The van der Waals surface area contributed by atoms with Crippen molar-refractivity contribution in [2.45, 2.75) is 39.3 Å². The number of nitrogens with one attached hydrogen (secondary N) is 2. The SMILES string of the molecule is CCCc1cc(CN2CCN(c3ccc(C(=O)NC)cc3)CC2)cc2c1OC(C)C(=O)N2. The lowest BCUT2D eigenvalue weighted by Gasteiger charge is -2.36. The maximum absolute atomic E-state index is 12.1. The summed E-state index contributed by atoms with van der Waals surface area (Å²) in [6, 6.07) is 12.1. The van der Waals surface area contributed by atoms with Gasteiger partial charge in [-0.15, -0.1) is 0 Å². The van der Waals surface area contributed by atoms with Gasteiger partial charge in [0, 0.05) is 51.0 Å². The van der Waals surface area contributed by atoms with E-state index >= 15 is 0 Å². The first-order valence-corrected chi connectivity index (χ1v) is 11.4. The fourth-order valence-electron chi connectivity index (χ4n) is 4.39. The quantitative estimate of drug-likeness (QED) is 0.728. The van der Waals surface area contributed by atoms with Crippen molar-refractivity contribution in [2.24, 2.45) is 0 Å². The molecule has 2 N–H and O–H groups in total. The molecule has 2 amide bonds. The fraction of sp³-hybridized carbons (Fsp3) is 0.440. The molecule has 7 heteroatoms. The Morgan fingerprint density at radius 3 is 2.53 bits per heavy atom. The molecule has 170 valence electrons.